The molecular weight excluding hydrogens is 370 g/mol. The summed E-state index contributed by atoms with van der Waals surface area (Å²) in [6.45, 7) is 2.61. The second-order valence-electron chi connectivity index (χ2n) is 8.17. The van der Waals surface area contributed by atoms with Gasteiger partial charge in [-0.25, -0.2) is 0 Å². The van der Waals surface area contributed by atoms with Crippen LogP contribution in [0.1, 0.15) is 50.3 Å². The number of carbonyl (C=O) groups excluding carboxylic acids is 3. The molecule has 3 heterocycles. The lowest BCUT2D eigenvalue weighted by Crippen LogP contribution is -2.41. The average molecular weight is 399 g/mol. The lowest BCUT2D eigenvalue weighted by molar-refractivity contribution is -0.140. The summed E-state index contributed by atoms with van der Waals surface area (Å²) in [5.74, 6) is -0.0188. The van der Waals surface area contributed by atoms with Crippen LogP contribution in [0.3, 0.4) is 0 Å². The van der Waals surface area contributed by atoms with Crippen molar-refractivity contribution in [1.82, 2.24) is 15.1 Å². The van der Waals surface area contributed by atoms with E-state index in [2.05, 4.69) is 10.2 Å². The molecule has 0 bridgehead atoms. The molecule has 2 aliphatic heterocycles. The van der Waals surface area contributed by atoms with E-state index < -0.39 is 0 Å². The van der Waals surface area contributed by atoms with Gasteiger partial charge in [0.1, 0.15) is 5.76 Å². The zero-order chi connectivity index (χ0) is 20.2. The van der Waals surface area contributed by atoms with Gasteiger partial charge in [-0.05, 0) is 50.9 Å². The number of amides is 3. The van der Waals surface area contributed by atoms with Gasteiger partial charge in [0.15, 0.2) is 0 Å². The van der Waals surface area contributed by atoms with Gasteiger partial charge in [-0.15, -0.1) is 0 Å². The van der Waals surface area contributed by atoms with Crippen molar-refractivity contribution in [2.75, 3.05) is 26.2 Å². The molecule has 1 aliphatic carbocycles. The number of furan rings is 1. The summed E-state index contributed by atoms with van der Waals surface area (Å²) < 4.78 is 5.61. The zero-order valence-corrected chi connectivity index (χ0v) is 16.7. The van der Waals surface area contributed by atoms with E-state index in [4.69, 9.17) is 4.42 Å². The Bertz CT molecular complexity index is 741. The van der Waals surface area contributed by atoms with Crippen LogP contribution in [0.15, 0.2) is 35.0 Å². The molecule has 2 fully saturated rings. The number of imide groups is 1. The van der Waals surface area contributed by atoms with Crippen molar-refractivity contribution >= 4 is 17.7 Å². The summed E-state index contributed by atoms with van der Waals surface area (Å²) in [5.41, 5.74) is 0. The number of fused-ring (bicyclic) bond motifs is 1. The number of hydrogen-bond acceptors (Lipinski definition) is 5. The highest BCUT2D eigenvalue weighted by Crippen LogP contribution is 2.35. The lowest BCUT2D eigenvalue weighted by Gasteiger charge is -2.33. The molecule has 3 aliphatic rings. The van der Waals surface area contributed by atoms with Gasteiger partial charge in [0, 0.05) is 19.5 Å². The molecule has 0 radical (unpaired) electrons. The maximum absolute atomic E-state index is 12.5. The molecule has 2 saturated heterocycles. The predicted octanol–water partition coefficient (Wildman–Crippen LogP) is 2.26. The third kappa shape index (κ3) is 4.29. The first-order valence-electron chi connectivity index (χ1n) is 10.7. The quantitative estimate of drug-likeness (QED) is 0.562. The van der Waals surface area contributed by atoms with E-state index in [1.165, 1.54) is 11.3 Å². The number of allylic oxidation sites excluding steroid dienone is 2. The Hall–Kier alpha value is -2.41. The summed E-state index contributed by atoms with van der Waals surface area (Å²) in [6, 6.07) is 3.83. The molecule has 156 valence electrons. The van der Waals surface area contributed by atoms with Crippen LogP contribution in [-0.4, -0.2) is 53.7 Å². The van der Waals surface area contributed by atoms with Gasteiger partial charge in [0.05, 0.1) is 24.1 Å². The van der Waals surface area contributed by atoms with Crippen LogP contribution in [0.5, 0.6) is 0 Å². The molecule has 0 saturated carbocycles. The third-order valence-corrected chi connectivity index (χ3v) is 6.36. The predicted molar refractivity (Wildman–Crippen MR) is 107 cm³/mol. The molecule has 1 N–H and O–H groups in total. The number of rotatable bonds is 7. The van der Waals surface area contributed by atoms with E-state index in [1.54, 1.807) is 6.26 Å². The summed E-state index contributed by atoms with van der Waals surface area (Å²) in [7, 11) is 0. The van der Waals surface area contributed by atoms with Crippen LogP contribution in [0, 0.1) is 11.8 Å². The van der Waals surface area contributed by atoms with Gasteiger partial charge < -0.3 is 9.73 Å². The zero-order valence-electron chi connectivity index (χ0n) is 16.7. The first-order chi connectivity index (χ1) is 14.1. The van der Waals surface area contributed by atoms with E-state index in [9.17, 15) is 14.4 Å². The van der Waals surface area contributed by atoms with Gasteiger partial charge in [-0.1, -0.05) is 18.6 Å². The first-order valence-corrected chi connectivity index (χ1v) is 10.7. The topological polar surface area (TPSA) is 82.9 Å². The fraction of sp³-hybridized carbons (Fsp3) is 0.591. The Kier molecular flexibility index (Phi) is 6.13. The summed E-state index contributed by atoms with van der Waals surface area (Å²) in [4.78, 5) is 41.1. The minimum absolute atomic E-state index is 0.0123. The molecule has 29 heavy (non-hydrogen) atoms. The van der Waals surface area contributed by atoms with Gasteiger partial charge in [-0.2, -0.15) is 0 Å². The maximum atomic E-state index is 12.5. The number of hydrogen-bond donors (Lipinski definition) is 1. The van der Waals surface area contributed by atoms with Crippen molar-refractivity contribution in [3.05, 3.63) is 36.3 Å². The number of piperidine rings is 1. The molecule has 1 aromatic rings. The molecular formula is C22H29N3O4. The molecule has 3 atom stereocenters. The van der Waals surface area contributed by atoms with E-state index in [1.807, 2.05) is 24.3 Å². The standard InChI is InChI=1S/C22H29N3O4/c26-20(10-13-25-21(27)16-7-2-3-8-17(16)22(25)28)23-15-18(19-9-6-14-29-19)24-11-4-1-5-12-24/h2-3,6,9,14,16-18H,1,4-5,7-8,10-13,15H2,(H,23,26). The van der Waals surface area contributed by atoms with E-state index in [-0.39, 0.29) is 48.6 Å². The van der Waals surface area contributed by atoms with Crippen LogP contribution in [0.25, 0.3) is 0 Å². The van der Waals surface area contributed by atoms with Crippen molar-refractivity contribution < 1.29 is 18.8 Å². The van der Waals surface area contributed by atoms with Gasteiger partial charge in [-0.3, -0.25) is 24.2 Å². The summed E-state index contributed by atoms with van der Waals surface area (Å²) >= 11 is 0. The van der Waals surface area contributed by atoms with E-state index >= 15 is 0 Å². The molecule has 3 amide bonds. The minimum Gasteiger partial charge on any atom is -0.468 e. The normalized spacial score (nSPS) is 25.9. The van der Waals surface area contributed by atoms with Crippen molar-refractivity contribution in [2.45, 2.75) is 44.6 Å². The van der Waals surface area contributed by atoms with Crippen LogP contribution in [0.2, 0.25) is 0 Å². The van der Waals surface area contributed by atoms with Crippen molar-refractivity contribution in [1.29, 1.82) is 0 Å². The van der Waals surface area contributed by atoms with E-state index in [0.29, 0.717) is 19.4 Å². The van der Waals surface area contributed by atoms with Crippen LogP contribution >= 0.6 is 0 Å². The number of carbonyl (C=O) groups is 3. The molecule has 0 aromatic carbocycles. The molecule has 4 rings (SSSR count). The van der Waals surface area contributed by atoms with Crippen molar-refractivity contribution in [3.8, 4) is 0 Å². The second-order valence-corrected chi connectivity index (χ2v) is 8.17. The monoisotopic (exact) mass is 399 g/mol. The van der Waals surface area contributed by atoms with E-state index in [0.717, 1.165) is 31.7 Å². The Labute approximate surface area is 171 Å². The highest BCUT2D eigenvalue weighted by atomic mass is 16.3. The van der Waals surface area contributed by atoms with Crippen LogP contribution < -0.4 is 5.32 Å². The summed E-state index contributed by atoms with van der Waals surface area (Å²) in [6.07, 6.45) is 10.5. The van der Waals surface area contributed by atoms with Crippen LogP contribution in [-0.2, 0) is 14.4 Å². The fourth-order valence-corrected chi connectivity index (χ4v) is 4.72. The molecule has 3 unspecified atom stereocenters. The first kappa shape index (κ1) is 19.9. The molecule has 1 aromatic heterocycles. The Balaban J connectivity index is 1.30. The average Bonchev–Trinajstić information content (AvgIpc) is 3.36. The molecule has 0 spiro atoms. The number of likely N-dealkylation sites (tertiary alicyclic amines) is 2. The third-order valence-electron chi connectivity index (χ3n) is 6.36. The lowest BCUT2D eigenvalue weighted by atomic mass is 9.85. The number of nitrogens with zero attached hydrogens (tertiary/aromatic N) is 2. The van der Waals surface area contributed by atoms with Gasteiger partial charge in [0.2, 0.25) is 17.7 Å². The Morgan fingerprint density at radius 1 is 1.10 bits per heavy atom. The highest BCUT2D eigenvalue weighted by Gasteiger charge is 2.46. The van der Waals surface area contributed by atoms with Crippen molar-refractivity contribution in [2.24, 2.45) is 11.8 Å². The fourth-order valence-electron chi connectivity index (χ4n) is 4.72. The molecule has 7 nitrogen and oxygen atoms in total. The Morgan fingerprint density at radius 2 is 1.79 bits per heavy atom. The number of nitrogens with one attached hydrogen (secondary N) is 1. The van der Waals surface area contributed by atoms with Crippen LogP contribution in [0.4, 0.5) is 0 Å². The smallest absolute Gasteiger partial charge is 0.233 e. The largest absolute Gasteiger partial charge is 0.468 e. The SMILES string of the molecule is O=C(CCN1C(=O)C2CC=CCC2C1=O)NCC(c1ccco1)N1CCCCC1. The van der Waals surface area contributed by atoms with Crippen molar-refractivity contribution in [3.63, 3.8) is 0 Å². The van der Waals surface area contributed by atoms with Gasteiger partial charge >= 0.3 is 0 Å². The molecule has 7 heteroatoms. The maximum Gasteiger partial charge on any atom is 0.233 e. The van der Waals surface area contributed by atoms with Gasteiger partial charge in [0.25, 0.3) is 0 Å². The highest BCUT2D eigenvalue weighted by molar-refractivity contribution is 6.05. The summed E-state index contributed by atoms with van der Waals surface area (Å²) in [5, 5.41) is 2.98. The minimum atomic E-state index is -0.238. The Morgan fingerprint density at radius 3 is 2.41 bits per heavy atom. The second kappa shape index (κ2) is 8.95.